The molecule has 1 aromatic heterocycles. The van der Waals surface area contributed by atoms with Crippen LogP contribution in [-0.4, -0.2) is 60.4 Å². The Morgan fingerprint density at radius 1 is 1.09 bits per heavy atom. The molecule has 4 atom stereocenters. The maximum atomic E-state index is 12.8. The summed E-state index contributed by atoms with van der Waals surface area (Å²) < 4.78 is 0. The lowest BCUT2D eigenvalue weighted by atomic mass is 9.85. The maximum Gasteiger partial charge on any atom is 0.233 e. The summed E-state index contributed by atoms with van der Waals surface area (Å²) in [5.41, 5.74) is 1.05. The van der Waals surface area contributed by atoms with Crippen LogP contribution in [0.1, 0.15) is 31.7 Å². The molecule has 0 radical (unpaired) electrons. The first-order valence-electron chi connectivity index (χ1n) is 11.9. The first kappa shape index (κ1) is 21.0. The van der Waals surface area contributed by atoms with E-state index in [2.05, 4.69) is 49.8 Å². The van der Waals surface area contributed by atoms with Gasteiger partial charge in [0.1, 0.15) is 5.82 Å². The number of nitrogens with zero attached hydrogens (tertiary/aromatic N) is 4. The molecular formula is C24H32N6O2. The van der Waals surface area contributed by atoms with Crippen molar-refractivity contribution in [3.63, 3.8) is 0 Å². The largest absolute Gasteiger partial charge is 0.357 e. The van der Waals surface area contributed by atoms with Gasteiger partial charge in [-0.15, -0.1) is 0 Å². The normalized spacial score (nSPS) is 28.7. The number of imide groups is 1. The van der Waals surface area contributed by atoms with Crippen molar-refractivity contribution in [2.45, 2.75) is 32.7 Å². The predicted molar refractivity (Wildman–Crippen MR) is 123 cm³/mol. The van der Waals surface area contributed by atoms with Crippen LogP contribution in [0.15, 0.2) is 35.5 Å². The SMILES string of the molecule is CCNC(=NCc1ccc(N2CCCC2)nc1)NCCN1C(=O)C2C3C=CC(C3)C2C1=O. The summed E-state index contributed by atoms with van der Waals surface area (Å²) in [7, 11) is 0. The highest BCUT2D eigenvalue weighted by Gasteiger charge is 2.58. The van der Waals surface area contributed by atoms with Gasteiger partial charge in [-0.25, -0.2) is 9.98 Å². The van der Waals surface area contributed by atoms with Crippen molar-refractivity contribution in [1.82, 2.24) is 20.5 Å². The van der Waals surface area contributed by atoms with Gasteiger partial charge in [-0.3, -0.25) is 14.5 Å². The summed E-state index contributed by atoms with van der Waals surface area (Å²) in [4.78, 5) is 38.6. The highest BCUT2D eigenvalue weighted by molar-refractivity contribution is 6.06. The van der Waals surface area contributed by atoms with Crippen molar-refractivity contribution in [2.24, 2.45) is 28.7 Å². The molecule has 2 aliphatic carbocycles. The molecule has 1 saturated carbocycles. The molecule has 4 unspecified atom stereocenters. The van der Waals surface area contributed by atoms with Gasteiger partial charge < -0.3 is 15.5 Å². The first-order chi connectivity index (χ1) is 15.7. The van der Waals surface area contributed by atoms with Crippen molar-refractivity contribution in [2.75, 3.05) is 37.6 Å². The van der Waals surface area contributed by atoms with Gasteiger partial charge in [0.15, 0.2) is 5.96 Å². The molecule has 5 rings (SSSR count). The molecule has 1 aromatic rings. The van der Waals surface area contributed by atoms with Crippen LogP contribution in [-0.2, 0) is 16.1 Å². The number of aromatic nitrogens is 1. The Bertz CT molecular complexity index is 891. The zero-order valence-corrected chi connectivity index (χ0v) is 18.7. The van der Waals surface area contributed by atoms with Gasteiger partial charge in [0.05, 0.1) is 18.4 Å². The van der Waals surface area contributed by atoms with E-state index in [9.17, 15) is 9.59 Å². The van der Waals surface area contributed by atoms with E-state index < -0.39 is 0 Å². The second-order valence-electron chi connectivity index (χ2n) is 9.17. The molecule has 2 aliphatic heterocycles. The zero-order valence-electron chi connectivity index (χ0n) is 18.7. The number of pyridine rings is 1. The Balaban J connectivity index is 1.14. The van der Waals surface area contributed by atoms with Crippen LogP contribution in [0.25, 0.3) is 0 Å². The molecule has 2 N–H and O–H groups in total. The third-order valence-electron chi connectivity index (χ3n) is 7.19. The van der Waals surface area contributed by atoms with E-state index in [1.165, 1.54) is 17.7 Å². The minimum atomic E-state index is -0.129. The van der Waals surface area contributed by atoms with Crippen LogP contribution < -0.4 is 15.5 Å². The summed E-state index contributed by atoms with van der Waals surface area (Å²) in [6.07, 6.45) is 9.58. The van der Waals surface area contributed by atoms with Gasteiger partial charge in [0, 0.05) is 38.9 Å². The monoisotopic (exact) mass is 436 g/mol. The van der Waals surface area contributed by atoms with Crippen molar-refractivity contribution in [1.29, 1.82) is 0 Å². The van der Waals surface area contributed by atoms with Gasteiger partial charge >= 0.3 is 0 Å². The number of nitrogens with one attached hydrogen (secondary N) is 2. The van der Waals surface area contributed by atoms with E-state index in [0.717, 1.165) is 37.4 Å². The van der Waals surface area contributed by atoms with E-state index in [1.54, 1.807) is 0 Å². The smallest absolute Gasteiger partial charge is 0.233 e. The number of anilines is 1. The molecular weight excluding hydrogens is 404 g/mol. The Morgan fingerprint density at radius 2 is 1.81 bits per heavy atom. The minimum Gasteiger partial charge on any atom is -0.357 e. The number of guanidine groups is 1. The lowest BCUT2D eigenvalue weighted by Gasteiger charge is -2.18. The third-order valence-corrected chi connectivity index (χ3v) is 7.19. The second kappa shape index (κ2) is 8.92. The Kier molecular flexibility index (Phi) is 5.85. The molecule has 170 valence electrons. The molecule has 8 heteroatoms. The number of allylic oxidation sites excluding steroid dienone is 2. The summed E-state index contributed by atoms with van der Waals surface area (Å²) >= 11 is 0. The van der Waals surface area contributed by atoms with Crippen molar-refractivity contribution < 1.29 is 9.59 Å². The Morgan fingerprint density at radius 3 is 2.44 bits per heavy atom. The quantitative estimate of drug-likeness (QED) is 0.292. The van der Waals surface area contributed by atoms with Crippen molar-refractivity contribution in [3.05, 3.63) is 36.0 Å². The van der Waals surface area contributed by atoms with Crippen LogP contribution in [0.5, 0.6) is 0 Å². The van der Waals surface area contributed by atoms with E-state index in [-0.39, 0.29) is 35.5 Å². The topological polar surface area (TPSA) is 89.9 Å². The third kappa shape index (κ3) is 3.87. The fourth-order valence-electron chi connectivity index (χ4n) is 5.63. The number of hydrogen-bond acceptors (Lipinski definition) is 5. The lowest BCUT2D eigenvalue weighted by molar-refractivity contribution is -0.140. The average molecular weight is 437 g/mol. The lowest BCUT2D eigenvalue weighted by Crippen LogP contribution is -2.43. The molecule has 0 spiro atoms. The van der Waals surface area contributed by atoms with Crippen LogP contribution in [0, 0.1) is 23.7 Å². The number of rotatable bonds is 7. The fraction of sp³-hybridized carbons (Fsp3) is 0.583. The van der Waals surface area contributed by atoms with Crippen LogP contribution in [0.4, 0.5) is 5.82 Å². The minimum absolute atomic E-state index is 0.00440. The van der Waals surface area contributed by atoms with Crippen molar-refractivity contribution in [3.8, 4) is 0 Å². The van der Waals surface area contributed by atoms with E-state index >= 15 is 0 Å². The highest BCUT2D eigenvalue weighted by Crippen LogP contribution is 2.52. The number of carbonyl (C=O) groups is 2. The molecule has 3 heterocycles. The number of carbonyl (C=O) groups excluding carboxylic acids is 2. The summed E-state index contributed by atoms with van der Waals surface area (Å²) in [6, 6.07) is 4.15. The number of fused-ring (bicyclic) bond motifs is 5. The molecule has 0 aromatic carbocycles. The van der Waals surface area contributed by atoms with Gasteiger partial charge in [0.2, 0.25) is 11.8 Å². The molecule has 8 nitrogen and oxygen atoms in total. The van der Waals surface area contributed by atoms with Crippen LogP contribution in [0.2, 0.25) is 0 Å². The molecule has 2 amide bonds. The standard InChI is InChI=1S/C24H32N6O2/c1-2-25-24(28-15-16-5-8-19(27-14-16)29-10-3-4-11-29)26-9-12-30-22(31)20-17-6-7-18(13-17)21(20)23(30)32/h5-8,14,17-18,20-21H,2-4,9-13,15H2,1H3,(H2,25,26,28). The number of likely N-dealkylation sites (tertiary alicyclic amines) is 1. The number of aliphatic imine (C=N–C) groups is 1. The predicted octanol–water partition coefficient (Wildman–Crippen LogP) is 1.54. The van der Waals surface area contributed by atoms with Crippen LogP contribution in [0.3, 0.4) is 0 Å². The number of hydrogen-bond donors (Lipinski definition) is 2. The van der Waals surface area contributed by atoms with E-state index in [1.807, 2.05) is 13.1 Å². The van der Waals surface area contributed by atoms with Gasteiger partial charge in [-0.2, -0.15) is 0 Å². The zero-order chi connectivity index (χ0) is 22.1. The average Bonchev–Trinajstić information content (AvgIpc) is 3.59. The van der Waals surface area contributed by atoms with Crippen molar-refractivity contribution >= 4 is 23.6 Å². The molecule has 3 fully saturated rings. The Hall–Kier alpha value is -2.90. The first-order valence-corrected chi connectivity index (χ1v) is 11.9. The van der Waals surface area contributed by atoms with Gasteiger partial charge in [-0.05, 0) is 49.7 Å². The molecule has 4 aliphatic rings. The van der Waals surface area contributed by atoms with Gasteiger partial charge in [-0.1, -0.05) is 18.2 Å². The summed E-state index contributed by atoms with van der Waals surface area (Å²) in [5.74, 6) is 1.97. The molecule has 32 heavy (non-hydrogen) atoms. The molecule has 2 bridgehead atoms. The van der Waals surface area contributed by atoms with E-state index in [0.29, 0.717) is 25.6 Å². The number of amides is 2. The second-order valence-corrected chi connectivity index (χ2v) is 9.17. The Labute approximate surface area is 189 Å². The highest BCUT2D eigenvalue weighted by atomic mass is 16.2. The van der Waals surface area contributed by atoms with Crippen LogP contribution >= 0.6 is 0 Å². The summed E-state index contributed by atoms with van der Waals surface area (Å²) in [6.45, 7) is 6.29. The summed E-state index contributed by atoms with van der Waals surface area (Å²) in [5, 5.41) is 6.50. The molecule has 2 saturated heterocycles. The van der Waals surface area contributed by atoms with E-state index in [4.69, 9.17) is 0 Å². The fourth-order valence-corrected chi connectivity index (χ4v) is 5.63. The maximum absolute atomic E-state index is 12.8. The van der Waals surface area contributed by atoms with Gasteiger partial charge in [0.25, 0.3) is 0 Å².